The highest BCUT2D eigenvalue weighted by atomic mass is 19.1. The van der Waals surface area contributed by atoms with Crippen molar-refractivity contribution in [3.63, 3.8) is 0 Å². The lowest BCUT2D eigenvalue weighted by Gasteiger charge is -2.17. The van der Waals surface area contributed by atoms with E-state index in [0.29, 0.717) is 0 Å². The van der Waals surface area contributed by atoms with E-state index in [1.165, 1.54) is 28.5 Å². The summed E-state index contributed by atoms with van der Waals surface area (Å²) in [4.78, 5) is 7.36. The lowest BCUT2D eigenvalue weighted by atomic mass is 9.92. The van der Waals surface area contributed by atoms with Crippen LogP contribution in [0.1, 0.15) is 41.3 Å². The second kappa shape index (κ2) is 9.50. The fourth-order valence-electron chi connectivity index (χ4n) is 5.46. The molecular weight excluding hydrogens is 449 g/mol. The lowest BCUT2D eigenvalue weighted by Crippen LogP contribution is -2.27. The maximum atomic E-state index is 14.8. The van der Waals surface area contributed by atoms with E-state index in [2.05, 4.69) is 55.4 Å². The predicted molar refractivity (Wildman–Crippen MR) is 143 cm³/mol. The molecular formula is C30H32FN5. The number of hydrogen-bond acceptors (Lipinski definition) is 4. The number of aromatic nitrogens is 2. The monoisotopic (exact) mass is 481 g/mol. The van der Waals surface area contributed by atoms with Crippen LogP contribution >= 0.6 is 0 Å². The number of halogens is 1. The van der Waals surface area contributed by atoms with Crippen molar-refractivity contribution in [3.8, 4) is 28.5 Å². The van der Waals surface area contributed by atoms with Crippen molar-refractivity contribution in [3.05, 3.63) is 76.4 Å². The molecule has 1 atom stereocenters. The van der Waals surface area contributed by atoms with Gasteiger partial charge in [0.25, 0.3) is 0 Å². The third-order valence-corrected chi connectivity index (χ3v) is 7.64. The molecule has 1 saturated heterocycles. The third-order valence-electron chi connectivity index (χ3n) is 7.64. The Kier molecular flexibility index (Phi) is 6.38. The number of nitrogens with two attached hydrogens (primary N) is 1. The Balaban J connectivity index is 1.77. The molecule has 5 rings (SSSR count). The molecule has 1 aliphatic rings. The Morgan fingerprint density at radius 3 is 2.47 bits per heavy atom. The van der Waals surface area contributed by atoms with Crippen LogP contribution in [-0.2, 0) is 13.1 Å². The van der Waals surface area contributed by atoms with Crippen molar-refractivity contribution in [2.24, 2.45) is 5.73 Å². The molecule has 184 valence electrons. The molecule has 2 aromatic heterocycles. The van der Waals surface area contributed by atoms with E-state index in [1.807, 2.05) is 18.3 Å². The topological polar surface area (TPSA) is 70.9 Å². The zero-order valence-corrected chi connectivity index (χ0v) is 21.4. The van der Waals surface area contributed by atoms with Crippen LogP contribution in [0.2, 0.25) is 0 Å². The van der Waals surface area contributed by atoms with Gasteiger partial charge in [0.05, 0.1) is 23.0 Å². The first kappa shape index (κ1) is 24.2. The minimum Gasteiger partial charge on any atom is -0.342 e. The van der Waals surface area contributed by atoms with E-state index in [9.17, 15) is 9.65 Å². The first-order valence-electron chi connectivity index (χ1n) is 12.6. The Bertz CT molecular complexity index is 1490. The number of nitriles is 1. The van der Waals surface area contributed by atoms with Crippen LogP contribution in [0.25, 0.3) is 33.3 Å². The van der Waals surface area contributed by atoms with Crippen molar-refractivity contribution < 1.29 is 4.39 Å². The molecule has 1 aliphatic heterocycles. The summed E-state index contributed by atoms with van der Waals surface area (Å²) >= 11 is 0. The normalized spacial score (nSPS) is 16.1. The summed E-state index contributed by atoms with van der Waals surface area (Å²) in [5.74, 6) is -0.518. The molecule has 0 radical (unpaired) electrons. The highest BCUT2D eigenvalue weighted by Gasteiger charge is 2.23. The van der Waals surface area contributed by atoms with Crippen LogP contribution in [0.4, 0.5) is 4.39 Å². The molecule has 2 aromatic carbocycles. The summed E-state index contributed by atoms with van der Waals surface area (Å²) in [6, 6.07) is 13.6. The maximum absolute atomic E-state index is 14.8. The van der Waals surface area contributed by atoms with Gasteiger partial charge >= 0.3 is 0 Å². The van der Waals surface area contributed by atoms with Crippen LogP contribution in [0.3, 0.4) is 0 Å². The summed E-state index contributed by atoms with van der Waals surface area (Å²) in [7, 11) is 0. The molecule has 0 spiro atoms. The van der Waals surface area contributed by atoms with Gasteiger partial charge in [-0.3, -0.25) is 9.88 Å². The molecule has 36 heavy (non-hydrogen) atoms. The van der Waals surface area contributed by atoms with Crippen molar-refractivity contribution in [2.75, 3.05) is 13.1 Å². The summed E-state index contributed by atoms with van der Waals surface area (Å²) in [6.07, 6.45) is 2.96. The molecule has 0 saturated carbocycles. The highest BCUT2D eigenvalue weighted by Crippen LogP contribution is 2.39. The van der Waals surface area contributed by atoms with Gasteiger partial charge in [-0.15, -0.1) is 0 Å². The fourth-order valence-corrected chi connectivity index (χ4v) is 5.46. The van der Waals surface area contributed by atoms with E-state index in [4.69, 9.17) is 10.7 Å². The molecule has 1 fully saturated rings. The summed E-state index contributed by atoms with van der Waals surface area (Å²) in [5.41, 5.74) is 15.5. The van der Waals surface area contributed by atoms with E-state index in [0.717, 1.165) is 65.9 Å². The molecule has 0 bridgehead atoms. The predicted octanol–water partition coefficient (Wildman–Crippen LogP) is 5.86. The molecule has 2 N–H and O–H groups in total. The van der Waals surface area contributed by atoms with Crippen molar-refractivity contribution in [1.82, 2.24) is 14.5 Å². The number of rotatable bonds is 5. The number of nitrogens with zero attached hydrogens (tertiary/aromatic N) is 4. The van der Waals surface area contributed by atoms with Crippen LogP contribution in [0.5, 0.6) is 0 Å². The van der Waals surface area contributed by atoms with Gasteiger partial charge in [-0.25, -0.2) is 4.39 Å². The van der Waals surface area contributed by atoms with Gasteiger partial charge in [0, 0.05) is 54.4 Å². The average Bonchev–Trinajstić information content (AvgIpc) is 3.43. The Morgan fingerprint density at radius 2 is 1.86 bits per heavy atom. The van der Waals surface area contributed by atoms with Gasteiger partial charge in [-0.2, -0.15) is 5.26 Å². The van der Waals surface area contributed by atoms with Crippen molar-refractivity contribution >= 4 is 10.9 Å². The standard InChI is InChI=1S/C30H32FN5/c1-5-36-25(17-35-9-8-24(33)16-35)13-26-28(36)15-34-30(23-10-18(2)20(4)19(3)11-23)29(26)21-6-7-22(14-32)27(31)12-21/h6-7,10-13,15,24H,5,8-9,16-17,33H2,1-4H3/t24-/m0/s1. The minimum atomic E-state index is -0.518. The fraction of sp³-hybridized carbons (Fsp3) is 0.333. The Morgan fingerprint density at radius 1 is 1.11 bits per heavy atom. The number of likely N-dealkylation sites (tertiary alicyclic amines) is 1. The number of pyridine rings is 1. The van der Waals surface area contributed by atoms with Gasteiger partial charge < -0.3 is 10.3 Å². The summed E-state index contributed by atoms with van der Waals surface area (Å²) < 4.78 is 17.1. The third kappa shape index (κ3) is 4.19. The number of aryl methyl sites for hydroxylation is 3. The SMILES string of the molecule is CCn1c(CN2CC[C@H](N)C2)cc2c(-c3ccc(C#N)c(F)c3)c(-c3cc(C)c(C)c(C)c3)ncc21. The zero-order valence-electron chi connectivity index (χ0n) is 21.4. The molecule has 0 amide bonds. The van der Waals surface area contributed by atoms with Crippen LogP contribution in [-0.4, -0.2) is 33.6 Å². The van der Waals surface area contributed by atoms with E-state index in [1.54, 1.807) is 6.07 Å². The van der Waals surface area contributed by atoms with E-state index < -0.39 is 5.82 Å². The van der Waals surface area contributed by atoms with Crippen LogP contribution < -0.4 is 5.73 Å². The maximum Gasteiger partial charge on any atom is 0.141 e. The molecule has 0 aliphatic carbocycles. The Hall–Kier alpha value is -3.53. The smallest absolute Gasteiger partial charge is 0.141 e. The second-order valence-corrected chi connectivity index (χ2v) is 9.99. The summed E-state index contributed by atoms with van der Waals surface area (Å²) in [6.45, 7) is 12.0. The second-order valence-electron chi connectivity index (χ2n) is 9.99. The number of fused-ring (bicyclic) bond motifs is 1. The van der Waals surface area contributed by atoms with E-state index in [-0.39, 0.29) is 11.6 Å². The quantitative estimate of drug-likeness (QED) is 0.388. The number of hydrogen-bond donors (Lipinski definition) is 1. The van der Waals surface area contributed by atoms with E-state index >= 15 is 0 Å². The van der Waals surface area contributed by atoms with Gasteiger partial charge in [0.1, 0.15) is 11.9 Å². The van der Waals surface area contributed by atoms with Gasteiger partial charge in [-0.05, 0) is 86.7 Å². The van der Waals surface area contributed by atoms with Crippen LogP contribution in [0.15, 0.2) is 42.6 Å². The lowest BCUT2D eigenvalue weighted by molar-refractivity contribution is 0.318. The Labute approximate surface area is 212 Å². The van der Waals surface area contributed by atoms with Gasteiger partial charge in [0.2, 0.25) is 0 Å². The van der Waals surface area contributed by atoms with Crippen molar-refractivity contribution in [2.45, 2.75) is 53.2 Å². The van der Waals surface area contributed by atoms with Gasteiger partial charge in [0.15, 0.2) is 0 Å². The number of benzene rings is 2. The molecule has 6 heteroatoms. The molecule has 3 heterocycles. The molecule has 0 unspecified atom stereocenters. The van der Waals surface area contributed by atoms with Crippen molar-refractivity contribution in [1.29, 1.82) is 5.26 Å². The summed E-state index contributed by atoms with van der Waals surface area (Å²) in [5, 5.41) is 10.3. The zero-order chi connectivity index (χ0) is 25.6. The molecule has 4 aromatic rings. The molecule has 5 nitrogen and oxygen atoms in total. The van der Waals surface area contributed by atoms with Crippen LogP contribution in [0, 0.1) is 37.9 Å². The first-order valence-corrected chi connectivity index (χ1v) is 12.6. The van der Waals surface area contributed by atoms with Gasteiger partial charge in [-0.1, -0.05) is 6.07 Å². The largest absolute Gasteiger partial charge is 0.342 e. The average molecular weight is 482 g/mol. The first-order chi connectivity index (χ1) is 17.3. The highest BCUT2D eigenvalue weighted by molar-refractivity contribution is 6.02. The minimum absolute atomic E-state index is 0.0413.